The highest BCUT2D eigenvalue weighted by atomic mass is 35.5. The zero-order valence-corrected chi connectivity index (χ0v) is 20.8. The number of benzene rings is 2. The average Bonchev–Trinajstić information content (AvgIpc) is 2.93. The number of fused-ring (bicyclic) bond motifs is 3. The average molecular weight is 503 g/mol. The van der Waals surface area contributed by atoms with Crippen LogP contribution in [0.4, 0.5) is 5.69 Å². The first kappa shape index (κ1) is 23.8. The van der Waals surface area contributed by atoms with Crippen molar-refractivity contribution in [2.24, 2.45) is 0 Å². The lowest BCUT2D eigenvalue weighted by molar-refractivity contribution is -0.118. The molecule has 2 aromatic carbocycles. The van der Waals surface area contributed by atoms with Gasteiger partial charge in [0.05, 0.1) is 10.7 Å². The van der Waals surface area contributed by atoms with Gasteiger partial charge in [0, 0.05) is 28.8 Å². The van der Waals surface area contributed by atoms with Crippen molar-refractivity contribution in [1.82, 2.24) is 15.2 Å². The van der Waals surface area contributed by atoms with Crippen LogP contribution in [0.2, 0.25) is 10.0 Å². The van der Waals surface area contributed by atoms with E-state index in [4.69, 9.17) is 27.9 Å². The van der Waals surface area contributed by atoms with Gasteiger partial charge in [-0.05, 0) is 24.6 Å². The van der Waals surface area contributed by atoms with Crippen molar-refractivity contribution in [1.29, 1.82) is 0 Å². The number of ether oxygens (including phenoxy) is 1. The number of halogens is 2. The normalized spacial score (nSPS) is 14.8. The summed E-state index contributed by atoms with van der Waals surface area (Å²) in [6, 6.07) is 12.6. The number of thioether (sulfide) groups is 1. The van der Waals surface area contributed by atoms with E-state index < -0.39 is 6.23 Å². The first-order chi connectivity index (χ1) is 16.0. The lowest BCUT2D eigenvalue weighted by atomic mass is 10.1. The van der Waals surface area contributed by atoms with E-state index in [1.807, 2.05) is 24.3 Å². The van der Waals surface area contributed by atoms with Crippen LogP contribution in [0, 0.1) is 0 Å². The monoisotopic (exact) mass is 502 g/mol. The van der Waals surface area contributed by atoms with E-state index in [0.717, 1.165) is 17.7 Å². The second-order valence-electron chi connectivity index (χ2n) is 7.70. The summed E-state index contributed by atoms with van der Waals surface area (Å²) in [4.78, 5) is 19.1. The number of hydrogen-bond acceptors (Lipinski definition) is 6. The SMILES string of the molecule is CCCCCCSc1nnc2c(n1)OC(c1ccc(Cl)cc1Cl)N(C(C)=O)c1ccccc1-2. The zero-order valence-electron chi connectivity index (χ0n) is 18.4. The Morgan fingerprint density at radius 3 is 2.70 bits per heavy atom. The number of rotatable bonds is 7. The van der Waals surface area contributed by atoms with Gasteiger partial charge in [-0.25, -0.2) is 0 Å². The molecule has 1 atom stereocenters. The summed E-state index contributed by atoms with van der Waals surface area (Å²) in [5.74, 6) is 1.02. The van der Waals surface area contributed by atoms with Crippen LogP contribution in [0.1, 0.15) is 51.3 Å². The smallest absolute Gasteiger partial charge is 0.247 e. The Hall–Kier alpha value is -2.35. The van der Waals surface area contributed by atoms with Crippen LogP contribution in [0.25, 0.3) is 11.3 Å². The van der Waals surface area contributed by atoms with Crippen molar-refractivity contribution < 1.29 is 9.53 Å². The number of aromatic nitrogens is 3. The molecule has 9 heteroatoms. The number of nitrogens with zero attached hydrogens (tertiary/aromatic N) is 4. The van der Waals surface area contributed by atoms with Crippen molar-refractivity contribution >= 4 is 46.6 Å². The highest BCUT2D eigenvalue weighted by molar-refractivity contribution is 7.99. The molecule has 33 heavy (non-hydrogen) atoms. The Balaban J connectivity index is 1.77. The molecule has 4 rings (SSSR count). The molecule has 3 aromatic rings. The molecular formula is C24H24Cl2N4O2S. The molecule has 0 spiro atoms. The molecule has 2 heterocycles. The molecule has 1 unspecified atom stereocenters. The number of unbranched alkanes of at least 4 members (excludes halogenated alkanes) is 3. The first-order valence-electron chi connectivity index (χ1n) is 10.9. The number of para-hydroxylation sites is 1. The van der Waals surface area contributed by atoms with E-state index in [9.17, 15) is 4.79 Å². The molecular weight excluding hydrogens is 479 g/mol. The first-order valence-corrected chi connectivity index (χ1v) is 12.6. The van der Waals surface area contributed by atoms with Crippen LogP contribution in [0.3, 0.4) is 0 Å². The fourth-order valence-corrected chi connectivity index (χ4v) is 4.99. The van der Waals surface area contributed by atoms with Crippen molar-refractivity contribution in [3.63, 3.8) is 0 Å². The number of anilines is 1. The maximum Gasteiger partial charge on any atom is 0.247 e. The van der Waals surface area contributed by atoms with Gasteiger partial charge >= 0.3 is 0 Å². The molecule has 6 nitrogen and oxygen atoms in total. The predicted molar refractivity (Wildman–Crippen MR) is 133 cm³/mol. The van der Waals surface area contributed by atoms with Crippen LogP contribution >= 0.6 is 35.0 Å². The molecule has 172 valence electrons. The van der Waals surface area contributed by atoms with Crippen LogP contribution in [-0.2, 0) is 4.79 Å². The topological polar surface area (TPSA) is 68.2 Å². The molecule has 0 saturated heterocycles. The Labute approximate surface area is 207 Å². The molecule has 1 amide bonds. The third-order valence-electron chi connectivity index (χ3n) is 5.31. The summed E-state index contributed by atoms with van der Waals surface area (Å²) in [6.07, 6.45) is 3.83. The molecule has 0 bridgehead atoms. The van der Waals surface area contributed by atoms with E-state index in [0.29, 0.717) is 38.0 Å². The number of hydrogen-bond donors (Lipinski definition) is 0. The van der Waals surface area contributed by atoms with Crippen molar-refractivity contribution in [3.05, 3.63) is 58.1 Å². The van der Waals surface area contributed by atoms with Gasteiger partial charge in [-0.2, -0.15) is 4.98 Å². The summed E-state index contributed by atoms with van der Waals surface area (Å²) >= 11 is 14.2. The second kappa shape index (κ2) is 10.7. The van der Waals surface area contributed by atoms with Crippen molar-refractivity contribution in [2.45, 2.75) is 50.9 Å². The van der Waals surface area contributed by atoms with Crippen molar-refractivity contribution in [3.8, 4) is 17.1 Å². The van der Waals surface area contributed by atoms with Crippen LogP contribution < -0.4 is 9.64 Å². The van der Waals surface area contributed by atoms with Gasteiger partial charge in [0.15, 0.2) is 5.69 Å². The Morgan fingerprint density at radius 1 is 1.12 bits per heavy atom. The van der Waals surface area contributed by atoms with E-state index in [-0.39, 0.29) is 5.91 Å². The third-order valence-corrected chi connectivity index (χ3v) is 6.79. The fourth-order valence-electron chi connectivity index (χ4n) is 3.71. The zero-order chi connectivity index (χ0) is 23.4. The lowest BCUT2D eigenvalue weighted by Gasteiger charge is -2.30. The van der Waals surface area contributed by atoms with Crippen LogP contribution in [0.15, 0.2) is 47.6 Å². The minimum absolute atomic E-state index is 0.204. The molecule has 0 aliphatic carbocycles. The summed E-state index contributed by atoms with van der Waals surface area (Å²) in [7, 11) is 0. The lowest BCUT2D eigenvalue weighted by Crippen LogP contribution is -2.36. The van der Waals surface area contributed by atoms with Crippen molar-refractivity contribution in [2.75, 3.05) is 10.7 Å². The van der Waals surface area contributed by atoms with Gasteiger partial charge in [0.1, 0.15) is 0 Å². The minimum atomic E-state index is -0.839. The molecule has 0 fully saturated rings. The molecule has 0 saturated carbocycles. The fraction of sp³-hybridized carbons (Fsp3) is 0.333. The standard InChI is InChI=1S/C24H24Cl2N4O2S/c1-3-4-5-8-13-33-24-27-22-21(28-29-24)18-9-6-7-10-20(18)30(15(2)31)23(32-22)17-12-11-16(25)14-19(17)26/h6-7,9-12,14,23H,3-5,8,13H2,1-2H3. The van der Waals surface area contributed by atoms with Gasteiger partial charge < -0.3 is 4.74 Å². The van der Waals surface area contributed by atoms with Crippen LogP contribution in [0.5, 0.6) is 5.88 Å². The number of amides is 1. The Bertz CT molecular complexity index is 1160. The molecule has 1 aliphatic heterocycles. The number of carbonyl (C=O) groups excluding carboxylic acids is 1. The van der Waals surface area contributed by atoms with E-state index in [1.54, 1.807) is 34.9 Å². The number of carbonyl (C=O) groups is 1. The third kappa shape index (κ3) is 5.26. The predicted octanol–water partition coefficient (Wildman–Crippen LogP) is 6.96. The van der Waals surface area contributed by atoms with Gasteiger partial charge in [0.2, 0.25) is 23.2 Å². The van der Waals surface area contributed by atoms with Gasteiger partial charge in [-0.1, -0.05) is 85.4 Å². The second-order valence-corrected chi connectivity index (χ2v) is 9.61. The van der Waals surface area contributed by atoms with E-state index >= 15 is 0 Å². The quantitative estimate of drug-likeness (QED) is 0.256. The summed E-state index contributed by atoms with van der Waals surface area (Å²) < 4.78 is 6.36. The van der Waals surface area contributed by atoms with Gasteiger partial charge in [-0.3, -0.25) is 9.69 Å². The highest BCUT2D eigenvalue weighted by Crippen LogP contribution is 2.44. The maximum absolute atomic E-state index is 12.8. The highest BCUT2D eigenvalue weighted by Gasteiger charge is 2.35. The summed E-state index contributed by atoms with van der Waals surface area (Å²) in [5, 5.41) is 10.2. The molecule has 1 aliphatic rings. The maximum atomic E-state index is 12.8. The van der Waals surface area contributed by atoms with E-state index in [2.05, 4.69) is 22.1 Å². The Morgan fingerprint density at radius 2 is 1.94 bits per heavy atom. The summed E-state index contributed by atoms with van der Waals surface area (Å²) in [5.41, 5.74) is 2.46. The molecule has 0 radical (unpaired) electrons. The summed E-state index contributed by atoms with van der Waals surface area (Å²) in [6.45, 7) is 3.68. The minimum Gasteiger partial charge on any atom is -0.447 e. The van der Waals surface area contributed by atoms with E-state index in [1.165, 1.54) is 26.2 Å². The Kier molecular flexibility index (Phi) is 7.73. The van der Waals surface area contributed by atoms with Gasteiger partial charge in [-0.15, -0.1) is 10.2 Å². The van der Waals surface area contributed by atoms with Gasteiger partial charge in [0.25, 0.3) is 0 Å². The van der Waals surface area contributed by atoms with Crippen LogP contribution in [-0.4, -0.2) is 26.8 Å². The molecule has 0 N–H and O–H groups in total. The largest absolute Gasteiger partial charge is 0.447 e. The molecule has 1 aromatic heterocycles.